The number of rotatable bonds is 2. The fourth-order valence-corrected chi connectivity index (χ4v) is 1.32. The van der Waals surface area contributed by atoms with Crippen LogP contribution in [0.2, 0.25) is 5.02 Å². The van der Waals surface area contributed by atoms with Crippen LogP contribution in [0.25, 0.3) is 0 Å². The molecule has 1 heterocycles. The van der Waals surface area contributed by atoms with Gasteiger partial charge in [-0.3, -0.25) is 4.79 Å². The van der Waals surface area contributed by atoms with Gasteiger partial charge in [0.15, 0.2) is 0 Å². The summed E-state index contributed by atoms with van der Waals surface area (Å²) in [6, 6.07) is 0. The fraction of sp³-hybridized carbons (Fsp3) is 0.333. The molecular weight excluding hydrogens is 220 g/mol. The number of amides is 1. The highest BCUT2D eigenvalue weighted by molar-refractivity contribution is 6.36. The fourth-order valence-electron chi connectivity index (χ4n) is 1.05. The zero-order valence-corrected chi connectivity index (χ0v) is 9.38. The van der Waals surface area contributed by atoms with Gasteiger partial charge in [0.1, 0.15) is 5.69 Å². The predicted molar refractivity (Wildman–Crippen MR) is 55.2 cm³/mol. The number of hydrogen-bond acceptors (Lipinski definition) is 3. The van der Waals surface area contributed by atoms with Crippen molar-refractivity contribution in [2.75, 3.05) is 21.2 Å². The lowest BCUT2D eigenvalue weighted by molar-refractivity contribution is 0.0595. The quantitative estimate of drug-likeness (QED) is 0.776. The third-order valence-corrected chi connectivity index (χ3v) is 2.24. The zero-order chi connectivity index (χ0) is 11.6. The number of nitrogens with zero attached hydrogens (tertiary/aromatic N) is 1. The Labute approximate surface area is 92.0 Å². The van der Waals surface area contributed by atoms with Gasteiger partial charge in [-0.15, -0.1) is 0 Å². The third-order valence-electron chi connectivity index (χ3n) is 1.84. The molecule has 1 amide bonds. The van der Waals surface area contributed by atoms with Crippen LogP contribution in [0.1, 0.15) is 20.8 Å². The molecular formula is C9H11ClN2O3. The second-order valence-electron chi connectivity index (χ2n) is 3.08. The first-order chi connectivity index (χ1) is 6.99. The van der Waals surface area contributed by atoms with Gasteiger partial charge in [-0.25, -0.2) is 4.79 Å². The molecule has 15 heavy (non-hydrogen) atoms. The van der Waals surface area contributed by atoms with Crippen LogP contribution in [0.15, 0.2) is 6.20 Å². The summed E-state index contributed by atoms with van der Waals surface area (Å²) < 4.78 is 4.49. The average Bonchev–Trinajstić information content (AvgIpc) is 2.57. The molecule has 82 valence electrons. The molecule has 0 saturated heterocycles. The van der Waals surface area contributed by atoms with Crippen LogP contribution in [0.4, 0.5) is 0 Å². The normalized spacial score (nSPS) is 9.87. The number of carbonyl (C=O) groups excluding carboxylic acids is 2. The van der Waals surface area contributed by atoms with Crippen LogP contribution >= 0.6 is 11.6 Å². The number of aromatic amines is 1. The number of nitrogens with one attached hydrogen (secondary N) is 1. The van der Waals surface area contributed by atoms with Crippen molar-refractivity contribution < 1.29 is 14.3 Å². The van der Waals surface area contributed by atoms with E-state index in [-0.39, 0.29) is 22.2 Å². The molecule has 0 fully saturated rings. The molecule has 0 saturated carbocycles. The molecule has 0 aliphatic carbocycles. The van der Waals surface area contributed by atoms with E-state index in [4.69, 9.17) is 11.6 Å². The summed E-state index contributed by atoms with van der Waals surface area (Å²) in [5, 5.41) is 0.0838. The van der Waals surface area contributed by atoms with E-state index in [1.54, 1.807) is 14.1 Å². The Kier molecular flexibility index (Phi) is 3.36. The lowest BCUT2D eigenvalue weighted by Gasteiger charge is -2.08. The number of hydrogen-bond donors (Lipinski definition) is 1. The first-order valence-electron chi connectivity index (χ1n) is 4.15. The van der Waals surface area contributed by atoms with E-state index in [1.165, 1.54) is 18.2 Å². The van der Waals surface area contributed by atoms with Crippen molar-refractivity contribution in [1.29, 1.82) is 0 Å². The second-order valence-corrected chi connectivity index (χ2v) is 3.46. The van der Waals surface area contributed by atoms with Crippen molar-refractivity contribution in [3.63, 3.8) is 0 Å². The van der Waals surface area contributed by atoms with Gasteiger partial charge in [-0.05, 0) is 0 Å². The molecule has 0 spiro atoms. The largest absolute Gasteiger partial charge is 0.464 e. The third kappa shape index (κ3) is 2.12. The van der Waals surface area contributed by atoms with Crippen molar-refractivity contribution in [1.82, 2.24) is 9.88 Å². The first kappa shape index (κ1) is 11.6. The molecule has 1 aromatic rings. The molecule has 0 bridgehead atoms. The van der Waals surface area contributed by atoms with Gasteiger partial charge in [0.05, 0.1) is 17.7 Å². The summed E-state index contributed by atoms with van der Waals surface area (Å²) >= 11 is 5.86. The Hall–Kier alpha value is -1.49. The maximum Gasteiger partial charge on any atom is 0.356 e. The zero-order valence-electron chi connectivity index (χ0n) is 8.63. The molecule has 0 radical (unpaired) electrons. The van der Waals surface area contributed by atoms with Gasteiger partial charge >= 0.3 is 5.97 Å². The van der Waals surface area contributed by atoms with E-state index in [0.29, 0.717) is 0 Å². The molecule has 1 N–H and O–H groups in total. The average molecular weight is 231 g/mol. The standard InChI is InChI=1S/C9H11ClN2O3/c1-12(2)8(13)5-4-11-7(6(5)10)9(14)15-3/h4,11H,1-3H3. The topological polar surface area (TPSA) is 62.4 Å². The molecule has 0 aromatic carbocycles. The number of halogens is 1. The summed E-state index contributed by atoms with van der Waals surface area (Å²) in [6.45, 7) is 0. The molecule has 0 aliphatic rings. The van der Waals surface area contributed by atoms with E-state index in [2.05, 4.69) is 9.72 Å². The van der Waals surface area contributed by atoms with Crippen molar-refractivity contribution in [3.05, 3.63) is 22.5 Å². The number of carbonyl (C=O) groups is 2. The van der Waals surface area contributed by atoms with Gasteiger partial charge in [0.25, 0.3) is 5.91 Å². The van der Waals surface area contributed by atoms with Gasteiger partial charge < -0.3 is 14.6 Å². The minimum atomic E-state index is -0.599. The van der Waals surface area contributed by atoms with E-state index >= 15 is 0 Å². The number of H-pyrrole nitrogens is 1. The van der Waals surface area contributed by atoms with Crippen molar-refractivity contribution in [3.8, 4) is 0 Å². The minimum absolute atomic E-state index is 0.0838. The lowest BCUT2D eigenvalue weighted by Crippen LogP contribution is -2.21. The van der Waals surface area contributed by atoms with Crippen LogP contribution in [-0.4, -0.2) is 43.0 Å². The highest BCUT2D eigenvalue weighted by Crippen LogP contribution is 2.22. The Bertz CT molecular complexity index is 398. The van der Waals surface area contributed by atoms with Gasteiger partial charge in [-0.2, -0.15) is 0 Å². The van der Waals surface area contributed by atoms with Crippen LogP contribution in [0.5, 0.6) is 0 Å². The lowest BCUT2D eigenvalue weighted by atomic mass is 10.3. The summed E-state index contributed by atoms with van der Waals surface area (Å²) in [7, 11) is 4.44. The van der Waals surface area contributed by atoms with Gasteiger partial charge in [0.2, 0.25) is 0 Å². The summed E-state index contributed by atoms with van der Waals surface area (Å²) in [6.07, 6.45) is 1.39. The monoisotopic (exact) mass is 230 g/mol. The Morgan fingerprint density at radius 3 is 2.53 bits per heavy atom. The highest BCUT2D eigenvalue weighted by atomic mass is 35.5. The Morgan fingerprint density at radius 1 is 1.47 bits per heavy atom. The number of methoxy groups -OCH3 is 1. The smallest absolute Gasteiger partial charge is 0.356 e. The number of esters is 1. The Balaban J connectivity index is 3.09. The van der Waals surface area contributed by atoms with Crippen molar-refractivity contribution in [2.45, 2.75) is 0 Å². The molecule has 1 aromatic heterocycles. The van der Waals surface area contributed by atoms with E-state index in [1.807, 2.05) is 0 Å². The number of ether oxygens (including phenoxy) is 1. The predicted octanol–water partition coefficient (Wildman–Crippen LogP) is 1.16. The molecule has 0 unspecified atom stereocenters. The molecule has 5 nitrogen and oxygen atoms in total. The maximum absolute atomic E-state index is 11.6. The molecule has 0 atom stereocenters. The highest BCUT2D eigenvalue weighted by Gasteiger charge is 2.21. The summed E-state index contributed by atoms with van der Waals surface area (Å²) in [5.41, 5.74) is 0.339. The van der Waals surface area contributed by atoms with E-state index in [9.17, 15) is 9.59 Å². The van der Waals surface area contributed by atoms with Crippen molar-refractivity contribution in [2.24, 2.45) is 0 Å². The second kappa shape index (κ2) is 4.35. The molecule has 0 aliphatic heterocycles. The van der Waals surface area contributed by atoms with Crippen LogP contribution in [0.3, 0.4) is 0 Å². The van der Waals surface area contributed by atoms with Crippen LogP contribution in [-0.2, 0) is 4.74 Å². The Morgan fingerprint density at radius 2 is 2.07 bits per heavy atom. The summed E-state index contributed by atoms with van der Waals surface area (Å²) in [4.78, 5) is 26.7. The van der Waals surface area contributed by atoms with Gasteiger partial charge in [-0.1, -0.05) is 11.6 Å². The number of aromatic nitrogens is 1. The van der Waals surface area contributed by atoms with Crippen molar-refractivity contribution >= 4 is 23.5 Å². The SMILES string of the molecule is COC(=O)c1[nH]cc(C(=O)N(C)C)c1Cl. The summed E-state index contributed by atoms with van der Waals surface area (Å²) in [5.74, 6) is -0.871. The van der Waals surface area contributed by atoms with E-state index < -0.39 is 5.97 Å². The molecule has 1 rings (SSSR count). The first-order valence-corrected chi connectivity index (χ1v) is 4.53. The van der Waals surface area contributed by atoms with Crippen LogP contribution in [0, 0.1) is 0 Å². The van der Waals surface area contributed by atoms with Crippen LogP contribution < -0.4 is 0 Å². The maximum atomic E-state index is 11.6. The minimum Gasteiger partial charge on any atom is -0.464 e. The van der Waals surface area contributed by atoms with Gasteiger partial charge in [0, 0.05) is 20.3 Å². The molecule has 6 heteroatoms. The van der Waals surface area contributed by atoms with E-state index in [0.717, 1.165) is 0 Å².